The van der Waals surface area contributed by atoms with E-state index in [1.807, 2.05) is 7.05 Å². The van der Waals surface area contributed by atoms with Crippen molar-refractivity contribution in [2.24, 2.45) is 0 Å². The maximum atomic E-state index is 11.7. The molecule has 4 nitrogen and oxygen atoms in total. The Hall–Kier alpha value is -1.16. The third-order valence-corrected chi connectivity index (χ3v) is 3.66. The minimum Gasteiger partial charge on any atom is -0.314 e. The van der Waals surface area contributed by atoms with Gasteiger partial charge in [-0.05, 0) is 19.9 Å². The van der Waals surface area contributed by atoms with Crippen molar-refractivity contribution in [2.45, 2.75) is 57.4 Å². The number of H-pyrrole nitrogens is 1. The quantitative estimate of drug-likeness (QED) is 0.864. The van der Waals surface area contributed by atoms with Crippen LogP contribution in [-0.2, 0) is 6.54 Å². The fraction of sp³-hybridized carbons (Fsp3) is 0.714. The first-order chi connectivity index (χ1) is 8.79. The number of hydrogen-bond acceptors (Lipinski definition) is 3. The third-order valence-electron chi connectivity index (χ3n) is 3.66. The molecule has 0 aliphatic heterocycles. The summed E-state index contributed by atoms with van der Waals surface area (Å²) in [6.07, 6.45) is 8.82. The van der Waals surface area contributed by atoms with Crippen LogP contribution in [0.2, 0.25) is 0 Å². The maximum absolute atomic E-state index is 11.7. The highest BCUT2D eigenvalue weighted by molar-refractivity contribution is 5.06. The zero-order valence-corrected chi connectivity index (χ0v) is 11.2. The van der Waals surface area contributed by atoms with E-state index in [-0.39, 0.29) is 5.56 Å². The monoisotopic (exact) mass is 249 g/mol. The van der Waals surface area contributed by atoms with Gasteiger partial charge in [-0.25, -0.2) is 4.98 Å². The van der Waals surface area contributed by atoms with Crippen molar-refractivity contribution in [1.82, 2.24) is 15.3 Å². The molecular weight excluding hydrogens is 226 g/mol. The number of nitrogens with zero attached hydrogens (tertiary/aromatic N) is 1. The van der Waals surface area contributed by atoms with Gasteiger partial charge in [0.15, 0.2) is 0 Å². The maximum Gasteiger partial charge on any atom is 0.251 e. The molecule has 0 aromatic carbocycles. The van der Waals surface area contributed by atoms with Gasteiger partial charge in [-0.1, -0.05) is 32.1 Å². The summed E-state index contributed by atoms with van der Waals surface area (Å²) in [4.78, 5) is 19.2. The highest BCUT2D eigenvalue weighted by Gasteiger charge is 2.16. The number of aromatic amines is 1. The van der Waals surface area contributed by atoms with E-state index in [9.17, 15) is 4.79 Å². The Morgan fingerprint density at radius 1 is 1.28 bits per heavy atom. The molecule has 18 heavy (non-hydrogen) atoms. The van der Waals surface area contributed by atoms with E-state index in [4.69, 9.17) is 0 Å². The van der Waals surface area contributed by atoms with Gasteiger partial charge in [-0.3, -0.25) is 4.79 Å². The molecule has 1 aliphatic rings. The summed E-state index contributed by atoms with van der Waals surface area (Å²) < 4.78 is 0. The molecule has 0 radical (unpaired) electrons. The van der Waals surface area contributed by atoms with E-state index < -0.39 is 0 Å². The Balaban J connectivity index is 2.16. The Morgan fingerprint density at radius 2 is 1.94 bits per heavy atom. The first-order valence-electron chi connectivity index (χ1n) is 7.04. The second-order valence-electron chi connectivity index (χ2n) is 5.19. The Morgan fingerprint density at radius 3 is 2.61 bits per heavy atom. The highest BCUT2D eigenvalue weighted by atomic mass is 16.1. The van der Waals surface area contributed by atoms with Gasteiger partial charge in [0, 0.05) is 18.5 Å². The van der Waals surface area contributed by atoms with Gasteiger partial charge >= 0.3 is 0 Å². The topological polar surface area (TPSA) is 57.8 Å². The largest absolute Gasteiger partial charge is 0.314 e. The molecule has 0 bridgehead atoms. The molecule has 1 aromatic heterocycles. The Bertz CT molecular complexity index is 419. The van der Waals surface area contributed by atoms with E-state index in [0.29, 0.717) is 12.5 Å². The fourth-order valence-corrected chi connectivity index (χ4v) is 2.72. The SMILES string of the molecule is CNCc1cc(=O)[nH]c(C2CCCCCCC2)n1. The van der Waals surface area contributed by atoms with E-state index >= 15 is 0 Å². The molecule has 0 amide bonds. The van der Waals surface area contributed by atoms with Gasteiger partial charge in [0.1, 0.15) is 5.82 Å². The van der Waals surface area contributed by atoms with Crippen LogP contribution in [0.1, 0.15) is 62.4 Å². The normalized spacial score (nSPS) is 18.3. The summed E-state index contributed by atoms with van der Waals surface area (Å²) in [5.41, 5.74) is 0.825. The van der Waals surface area contributed by atoms with E-state index in [1.165, 1.54) is 32.1 Å². The van der Waals surface area contributed by atoms with Crippen molar-refractivity contribution < 1.29 is 0 Å². The zero-order valence-electron chi connectivity index (χ0n) is 11.2. The third kappa shape index (κ3) is 3.67. The van der Waals surface area contributed by atoms with Crippen molar-refractivity contribution in [3.05, 3.63) is 27.9 Å². The van der Waals surface area contributed by atoms with Crippen LogP contribution in [0.15, 0.2) is 10.9 Å². The number of rotatable bonds is 3. The van der Waals surface area contributed by atoms with Crippen molar-refractivity contribution >= 4 is 0 Å². The zero-order chi connectivity index (χ0) is 12.8. The molecule has 0 atom stereocenters. The standard InChI is InChI=1S/C14H23N3O/c1-15-10-12-9-13(18)17-14(16-12)11-7-5-3-2-4-6-8-11/h9,11,15H,2-8,10H2,1H3,(H,16,17,18). The average Bonchev–Trinajstić information content (AvgIpc) is 2.27. The predicted octanol–water partition coefficient (Wildman–Crippen LogP) is 2.32. The van der Waals surface area contributed by atoms with Gasteiger partial charge in [0.05, 0.1) is 5.69 Å². The molecule has 1 aromatic rings. The van der Waals surface area contributed by atoms with Gasteiger partial charge in [0.25, 0.3) is 5.56 Å². The highest BCUT2D eigenvalue weighted by Crippen LogP contribution is 2.28. The van der Waals surface area contributed by atoms with Gasteiger partial charge < -0.3 is 10.3 Å². The molecule has 100 valence electrons. The second kappa shape index (κ2) is 6.69. The number of nitrogens with one attached hydrogen (secondary N) is 2. The lowest BCUT2D eigenvalue weighted by atomic mass is 9.90. The van der Waals surface area contributed by atoms with Crippen LogP contribution in [0.5, 0.6) is 0 Å². The Kier molecular flexibility index (Phi) is 4.93. The smallest absolute Gasteiger partial charge is 0.251 e. The lowest BCUT2D eigenvalue weighted by Gasteiger charge is -2.19. The summed E-state index contributed by atoms with van der Waals surface area (Å²) in [5.74, 6) is 1.34. The number of hydrogen-bond donors (Lipinski definition) is 2. The van der Waals surface area contributed by atoms with E-state index in [1.54, 1.807) is 6.07 Å². The molecular formula is C14H23N3O. The molecule has 2 rings (SSSR count). The molecule has 2 N–H and O–H groups in total. The lowest BCUT2D eigenvalue weighted by molar-refractivity contribution is 0.440. The summed E-state index contributed by atoms with van der Waals surface area (Å²) >= 11 is 0. The van der Waals surface area contributed by atoms with Crippen LogP contribution in [0.4, 0.5) is 0 Å². The molecule has 1 heterocycles. The Labute approximate surface area is 108 Å². The molecule has 0 saturated heterocycles. The van der Waals surface area contributed by atoms with Crippen LogP contribution in [0, 0.1) is 0 Å². The first kappa shape index (κ1) is 13.3. The van der Waals surface area contributed by atoms with Crippen LogP contribution < -0.4 is 10.9 Å². The molecule has 0 unspecified atom stereocenters. The number of aromatic nitrogens is 2. The van der Waals surface area contributed by atoms with Crippen molar-refractivity contribution in [1.29, 1.82) is 0 Å². The minimum absolute atomic E-state index is 0.0210. The van der Waals surface area contributed by atoms with E-state index in [0.717, 1.165) is 24.4 Å². The fourth-order valence-electron chi connectivity index (χ4n) is 2.72. The predicted molar refractivity (Wildman–Crippen MR) is 72.7 cm³/mol. The van der Waals surface area contributed by atoms with Crippen molar-refractivity contribution in [2.75, 3.05) is 7.05 Å². The average molecular weight is 249 g/mol. The van der Waals surface area contributed by atoms with Crippen LogP contribution in [0.25, 0.3) is 0 Å². The summed E-state index contributed by atoms with van der Waals surface area (Å²) in [6, 6.07) is 1.59. The lowest BCUT2D eigenvalue weighted by Crippen LogP contribution is -2.19. The van der Waals surface area contributed by atoms with Crippen LogP contribution in [-0.4, -0.2) is 17.0 Å². The summed E-state index contributed by atoms with van der Waals surface area (Å²) in [7, 11) is 1.87. The first-order valence-corrected chi connectivity index (χ1v) is 7.04. The van der Waals surface area contributed by atoms with Crippen LogP contribution >= 0.6 is 0 Å². The van der Waals surface area contributed by atoms with Crippen LogP contribution in [0.3, 0.4) is 0 Å². The van der Waals surface area contributed by atoms with Gasteiger partial charge in [-0.2, -0.15) is 0 Å². The molecule has 0 spiro atoms. The molecule has 1 saturated carbocycles. The molecule has 1 aliphatic carbocycles. The van der Waals surface area contributed by atoms with Gasteiger partial charge in [0.2, 0.25) is 0 Å². The summed E-state index contributed by atoms with van der Waals surface area (Å²) in [5, 5.41) is 3.05. The molecule has 4 heteroatoms. The summed E-state index contributed by atoms with van der Waals surface area (Å²) in [6.45, 7) is 0.656. The van der Waals surface area contributed by atoms with Crippen molar-refractivity contribution in [3.8, 4) is 0 Å². The minimum atomic E-state index is -0.0210. The second-order valence-corrected chi connectivity index (χ2v) is 5.19. The van der Waals surface area contributed by atoms with E-state index in [2.05, 4.69) is 15.3 Å². The molecule has 1 fully saturated rings. The van der Waals surface area contributed by atoms with Crippen molar-refractivity contribution in [3.63, 3.8) is 0 Å². The van der Waals surface area contributed by atoms with Gasteiger partial charge in [-0.15, -0.1) is 0 Å².